The van der Waals surface area contributed by atoms with Crippen molar-refractivity contribution < 1.29 is 19.0 Å². The topological polar surface area (TPSA) is 56.8 Å². The van der Waals surface area contributed by atoms with Crippen molar-refractivity contribution in [1.82, 2.24) is 0 Å². The zero-order chi connectivity index (χ0) is 21.6. The van der Waals surface area contributed by atoms with Crippen LogP contribution in [0.25, 0.3) is 11.6 Å². The highest BCUT2D eigenvalue weighted by Gasteiger charge is 2.24. The van der Waals surface area contributed by atoms with E-state index in [1.165, 1.54) is 0 Å². The number of hydrogen-bond acceptors (Lipinski definition) is 4. The minimum absolute atomic E-state index is 0.159. The summed E-state index contributed by atoms with van der Waals surface area (Å²) in [6.07, 6.45) is 1.83. The molecule has 4 rings (SSSR count). The second-order valence-electron chi connectivity index (χ2n) is 6.85. The molecule has 0 aliphatic carbocycles. The van der Waals surface area contributed by atoms with Crippen LogP contribution in [0.15, 0.2) is 66.7 Å². The summed E-state index contributed by atoms with van der Waals surface area (Å²) >= 11 is 6.03. The summed E-state index contributed by atoms with van der Waals surface area (Å²) in [6, 6.07) is 20.6. The predicted molar refractivity (Wildman–Crippen MR) is 123 cm³/mol. The lowest BCUT2D eigenvalue weighted by Gasteiger charge is -2.13. The summed E-state index contributed by atoms with van der Waals surface area (Å²) in [5, 5.41) is 3.43. The average Bonchev–Trinajstić information content (AvgIpc) is 3.07. The van der Waals surface area contributed by atoms with Crippen molar-refractivity contribution in [3.63, 3.8) is 0 Å². The summed E-state index contributed by atoms with van der Waals surface area (Å²) in [7, 11) is 0. The van der Waals surface area contributed by atoms with Gasteiger partial charge in [0.05, 0.1) is 12.3 Å². The molecule has 3 aromatic carbocycles. The lowest BCUT2D eigenvalue weighted by Crippen LogP contribution is -2.10. The summed E-state index contributed by atoms with van der Waals surface area (Å²) in [5.74, 6) is 1.89. The number of carbonyl (C=O) groups is 1. The van der Waals surface area contributed by atoms with Crippen LogP contribution in [0.4, 0.5) is 5.69 Å². The number of anilines is 1. The van der Waals surface area contributed by atoms with Crippen molar-refractivity contribution in [3.8, 4) is 17.2 Å². The van der Waals surface area contributed by atoms with Gasteiger partial charge in [-0.05, 0) is 55.0 Å². The Morgan fingerprint density at radius 3 is 2.52 bits per heavy atom. The predicted octanol–water partition coefficient (Wildman–Crippen LogP) is 5.69. The van der Waals surface area contributed by atoms with Crippen LogP contribution in [0.1, 0.15) is 18.1 Å². The molecule has 0 saturated carbocycles. The first-order valence-electron chi connectivity index (χ1n) is 10.0. The van der Waals surface area contributed by atoms with E-state index < -0.39 is 0 Å². The number of hydrogen-bond donors (Lipinski definition) is 1. The molecule has 1 amide bonds. The lowest BCUT2D eigenvalue weighted by molar-refractivity contribution is -0.110. The summed E-state index contributed by atoms with van der Waals surface area (Å²) in [4.78, 5) is 12.4. The Hall–Kier alpha value is -3.44. The van der Waals surface area contributed by atoms with Crippen LogP contribution in [0, 0.1) is 0 Å². The van der Waals surface area contributed by atoms with Gasteiger partial charge < -0.3 is 19.5 Å². The van der Waals surface area contributed by atoms with Crippen LogP contribution in [0.5, 0.6) is 17.2 Å². The first-order valence-corrected chi connectivity index (χ1v) is 10.4. The maximum Gasteiger partial charge on any atom is 0.256 e. The van der Waals surface area contributed by atoms with Gasteiger partial charge in [0.25, 0.3) is 5.91 Å². The summed E-state index contributed by atoms with van der Waals surface area (Å²) < 4.78 is 17.3. The lowest BCUT2D eigenvalue weighted by atomic mass is 10.0. The van der Waals surface area contributed by atoms with E-state index in [0.29, 0.717) is 47.6 Å². The van der Waals surface area contributed by atoms with E-state index in [2.05, 4.69) is 5.32 Å². The molecule has 1 N–H and O–H groups in total. The van der Waals surface area contributed by atoms with Gasteiger partial charge in [0.2, 0.25) is 0 Å². The van der Waals surface area contributed by atoms with Gasteiger partial charge in [-0.1, -0.05) is 41.9 Å². The highest BCUT2D eigenvalue weighted by molar-refractivity contribution is 6.36. The number of benzene rings is 3. The number of halogens is 1. The van der Waals surface area contributed by atoms with Gasteiger partial charge in [0.15, 0.2) is 11.5 Å². The normalized spacial score (nSPS) is 13.6. The third-order valence-corrected chi connectivity index (χ3v) is 4.93. The fourth-order valence-corrected chi connectivity index (χ4v) is 3.48. The van der Waals surface area contributed by atoms with E-state index >= 15 is 0 Å². The van der Waals surface area contributed by atoms with E-state index in [9.17, 15) is 4.79 Å². The van der Waals surface area contributed by atoms with Crippen LogP contribution in [0.3, 0.4) is 0 Å². The van der Waals surface area contributed by atoms with Gasteiger partial charge in [0, 0.05) is 16.2 Å². The van der Waals surface area contributed by atoms with E-state index in [1.807, 2.05) is 67.6 Å². The Morgan fingerprint density at radius 1 is 0.903 bits per heavy atom. The molecular formula is C25H22ClNO4. The standard InChI is InChI=1S/C25H22ClNO4/c1-2-29-24-15-17(14-21-20-10-9-18(26)16-22(20)27-25(21)28)8-11-23(24)31-13-12-30-19-6-4-3-5-7-19/h3-11,14-16H,2,12-13H2,1H3,(H,27,28)/b21-14+. The highest BCUT2D eigenvalue weighted by Crippen LogP contribution is 2.36. The first kappa shape index (κ1) is 20.8. The molecular weight excluding hydrogens is 414 g/mol. The molecule has 3 aromatic rings. The zero-order valence-corrected chi connectivity index (χ0v) is 17.8. The van der Waals surface area contributed by atoms with Crippen molar-refractivity contribution in [2.45, 2.75) is 6.92 Å². The van der Waals surface area contributed by atoms with Crippen LogP contribution in [0.2, 0.25) is 5.02 Å². The van der Waals surface area contributed by atoms with Crippen LogP contribution in [-0.4, -0.2) is 25.7 Å². The van der Waals surface area contributed by atoms with Crippen molar-refractivity contribution in [2.24, 2.45) is 0 Å². The quantitative estimate of drug-likeness (QED) is 0.365. The minimum atomic E-state index is -0.159. The fraction of sp³-hybridized carbons (Fsp3) is 0.160. The van der Waals surface area contributed by atoms with Gasteiger partial charge in [-0.25, -0.2) is 0 Å². The number of carbonyl (C=O) groups excluding carboxylic acids is 1. The molecule has 1 aliphatic heterocycles. The molecule has 0 saturated heterocycles. The Balaban J connectivity index is 1.48. The number of para-hydroxylation sites is 1. The molecule has 31 heavy (non-hydrogen) atoms. The molecule has 6 heteroatoms. The number of nitrogens with one attached hydrogen (secondary N) is 1. The highest BCUT2D eigenvalue weighted by atomic mass is 35.5. The van der Waals surface area contributed by atoms with Crippen LogP contribution in [-0.2, 0) is 4.79 Å². The summed E-state index contributed by atoms with van der Waals surface area (Å²) in [5.41, 5.74) is 2.96. The third kappa shape index (κ3) is 5.01. The molecule has 1 aliphatic rings. The van der Waals surface area contributed by atoms with Gasteiger partial charge in [-0.15, -0.1) is 0 Å². The Bertz CT molecular complexity index is 1110. The number of fused-ring (bicyclic) bond motifs is 1. The van der Waals surface area contributed by atoms with E-state index in [1.54, 1.807) is 12.1 Å². The number of amides is 1. The first-order chi connectivity index (χ1) is 15.1. The molecule has 0 atom stereocenters. The Kier molecular flexibility index (Phi) is 6.43. The number of rotatable bonds is 8. The van der Waals surface area contributed by atoms with Crippen LogP contribution < -0.4 is 19.5 Å². The van der Waals surface area contributed by atoms with Gasteiger partial charge >= 0.3 is 0 Å². The second-order valence-corrected chi connectivity index (χ2v) is 7.29. The molecule has 0 unspecified atom stereocenters. The second kappa shape index (κ2) is 9.58. The largest absolute Gasteiger partial charge is 0.490 e. The molecule has 5 nitrogen and oxygen atoms in total. The summed E-state index contributed by atoms with van der Waals surface area (Å²) in [6.45, 7) is 3.21. The molecule has 0 bridgehead atoms. The molecule has 0 fully saturated rings. The zero-order valence-electron chi connectivity index (χ0n) is 17.1. The van der Waals surface area contributed by atoms with Gasteiger partial charge in [0.1, 0.15) is 19.0 Å². The molecule has 0 aromatic heterocycles. The van der Waals surface area contributed by atoms with Crippen molar-refractivity contribution >= 4 is 34.8 Å². The van der Waals surface area contributed by atoms with Gasteiger partial charge in [-0.3, -0.25) is 4.79 Å². The van der Waals surface area contributed by atoms with E-state index in [-0.39, 0.29) is 5.91 Å². The van der Waals surface area contributed by atoms with Crippen molar-refractivity contribution in [1.29, 1.82) is 0 Å². The monoisotopic (exact) mass is 435 g/mol. The third-order valence-electron chi connectivity index (χ3n) is 4.70. The van der Waals surface area contributed by atoms with E-state index in [4.69, 9.17) is 25.8 Å². The van der Waals surface area contributed by atoms with E-state index in [0.717, 1.165) is 16.9 Å². The maximum atomic E-state index is 12.4. The van der Waals surface area contributed by atoms with Crippen molar-refractivity contribution in [2.75, 3.05) is 25.1 Å². The molecule has 0 radical (unpaired) electrons. The molecule has 1 heterocycles. The SMILES string of the molecule is CCOc1cc(/C=C2/C(=O)Nc3cc(Cl)ccc32)ccc1OCCOc1ccccc1. The average molecular weight is 436 g/mol. The Morgan fingerprint density at radius 2 is 1.71 bits per heavy atom. The smallest absolute Gasteiger partial charge is 0.256 e. The fourth-order valence-electron chi connectivity index (χ4n) is 3.31. The number of ether oxygens (including phenoxy) is 3. The van der Waals surface area contributed by atoms with Gasteiger partial charge in [-0.2, -0.15) is 0 Å². The Labute approximate surface area is 186 Å². The van der Waals surface area contributed by atoms with Crippen molar-refractivity contribution in [3.05, 3.63) is 82.9 Å². The molecule has 0 spiro atoms. The minimum Gasteiger partial charge on any atom is -0.490 e. The maximum absolute atomic E-state index is 12.4. The van der Waals surface area contributed by atoms with Crippen LogP contribution >= 0.6 is 11.6 Å². The molecule has 158 valence electrons.